The van der Waals surface area contributed by atoms with Gasteiger partial charge in [-0.25, -0.2) is 0 Å². The molecule has 1 saturated heterocycles. The predicted molar refractivity (Wildman–Crippen MR) is 87.6 cm³/mol. The van der Waals surface area contributed by atoms with Gasteiger partial charge in [0.1, 0.15) is 10.0 Å². The first-order valence-electron chi connectivity index (χ1n) is 5.69. The van der Waals surface area contributed by atoms with Crippen molar-refractivity contribution in [1.82, 2.24) is 4.90 Å². The molecule has 2 aliphatic heterocycles. The summed E-state index contributed by atoms with van der Waals surface area (Å²) >= 11 is 9.71. The highest BCUT2D eigenvalue weighted by molar-refractivity contribution is 8.34. The van der Waals surface area contributed by atoms with Crippen LogP contribution in [0.4, 0.5) is 0 Å². The molecule has 1 aromatic carbocycles. The number of nitrogens with zero attached hydrogens (tertiary/aromatic N) is 1. The Bertz CT molecular complexity index is 617. The highest BCUT2D eigenvalue weighted by atomic mass is 32.2. The van der Waals surface area contributed by atoms with E-state index in [-0.39, 0.29) is 5.12 Å². The van der Waals surface area contributed by atoms with Crippen LogP contribution in [0.25, 0.3) is 0 Å². The van der Waals surface area contributed by atoms with E-state index in [9.17, 15) is 4.79 Å². The molecule has 0 bridgehead atoms. The Morgan fingerprint density at radius 3 is 2.00 bits per heavy atom. The van der Waals surface area contributed by atoms with Crippen molar-refractivity contribution in [1.29, 1.82) is 0 Å². The maximum Gasteiger partial charge on any atom is 0.244 e. The Labute approximate surface area is 130 Å². The molecule has 0 atom stereocenters. The van der Waals surface area contributed by atoms with E-state index in [1.54, 1.807) is 23.5 Å². The predicted octanol–water partition coefficient (Wildman–Crippen LogP) is 4.16. The molecule has 0 saturated carbocycles. The van der Waals surface area contributed by atoms with E-state index in [0.29, 0.717) is 4.32 Å². The van der Waals surface area contributed by atoms with Gasteiger partial charge in [0.05, 0.1) is 4.24 Å². The summed E-state index contributed by atoms with van der Waals surface area (Å²) in [5, 5.41) is 0.0608. The van der Waals surface area contributed by atoms with Crippen molar-refractivity contribution >= 4 is 56.9 Å². The van der Waals surface area contributed by atoms with Crippen LogP contribution in [0.1, 0.15) is 11.1 Å². The third-order valence-corrected chi connectivity index (χ3v) is 7.27. The summed E-state index contributed by atoms with van der Waals surface area (Å²) < 4.78 is 1.69. The summed E-state index contributed by atoms with van der Waals surface area (Å²) in [7, 11) is 1.87. The Kier molecular flexibility index (Phi) is 3.45. The molecule has 2 nitrogen and oxygen atoms in total. The van der Waals surface area contributed by atoms with Gasteiger partial charge in [-0.15, -0.1) is 0 Å². The van der Waals surface area contributed by atoms with Gasteiger partial charge >= 0.3 is 0 Å². The molecule has 0 amide bonds. The summed E-state index contributed by atoms with van der Waals surface area (Å²) in [6, 6.07) is 4.27. The number of benzene rings is 1. The van der Waals surface area contributed by atoms with Crippen LogP contribution in [-0.2, 0) is 4.79 Å². The second-order valence-corrected chi connectivity index (χ2v) is 8.32. The number of aryl methyl sites for hydroxylation is 2. The zero-order valence-electron chi connectivity index (χ0n) is 10.6. The number of hydrogen-bond acceptors (Lipinski definition) is 5. The molecular weight excluding hydrogens is 314 g/mol. The van der Waals surface area contributed by atoms with Gasteiger partial charge in [0, 0.05) is 16.8 Å². The topological polar surface area (TPSA) is 20.3 Å². The molecule has 0 aliphatic carbocycles. The zero-order chi connectivity index (χ0) is 13.7. The normalized spacial score (nSPS) is 18.6. The average molecular weight is 326 g/mol. The van der Waals surface area contributed by atoms with Gasteiger partial charge in [-0.2, -0.15) is 0 Å². The Balaban J connectivity index is 2.09. The van der Waals surface area contributed by atoms with E-state index in [1.165, 1.54) is 20.9 Å². The van der Waals surface area contributed by atoms with Gasteiger partial charge in [-0.05, 0) is 36.7 Å². The molecule has 1 aromatic rings. The smallest absolute Gasteiger partial charge is 0.244 e. The number of carbonyl (C=O) groups excluding carboxylic acids is 1. The van der Waals surface area contributed by atoms with Crippen LogP contribution < -0.4 is 0 Å². The highest BCUT2D eigenvalue weighted by Crippen LogP contribution is 2.56. The summed E-state index contributed by atoms with van der Waals surface area (Å²) in [5.41, 5.74) is 3.26. The molecule has 1 fully saturated rings. The number of hydrogen-bond donors (Lipinski definition) is 0. The lowest BCUT2D eigenvalue weighted by Gasteiger charge is -2.11. The lowest BCUT2D eigenvalue weighted by Crippen LogP contribution is -2.16. The quantitative estimate of drug-likeness (QED) is 0.523. The average Bonchev–Trinajstić information content (AvgIpc) is 2.88. The van der Waals surface area contributed by atoms with E-state index in [0.717, 1.165) is 21.7 Å². The van der Waals surface area contributed by atoms with Crippen molar-refractivity contribution in [2.24, 2.45) is 0 Å². The van der Waals surface area contributed by atoms with Crippen molar-refractivity contribution in [3.8, 4) is 0 Å². The summed E-state index contributed by atoms with van der Waals surface area (Å²) in [6.07, 6.45) is 0. The molecule has 0 aromatic heterocycles. The fourth-order valence-corrected chi connectivity index (χ4v) is 6.04. The largest absolute Gasteiger partial charge is 0.325 e. The first-order valence-corrected chi connectivity index (χ1v) is 8.55. The van der Waals surface area contributed by atoms with E-state index in [1.807, 2.05) is 11.9 Å². The van der Waals surface area contributed by atoms with E-state index < -0.39 is 0 Å². The molecule has 2 aliphatic rings. The van der Waals surface area contributed by atoms with Gasteiger partial charge in [-0.3, -0.25) is 4.79 Å². The highest BCUT2D eigenvalue weighted by Gasteiger charge is 2.35. The van der Waals surface area contributed by atoms with Gasteiger partial charge in [0.15, 0.2) is 0 Å². The molecule has 0 radical (unpaired) electrons. The summed E-state index contributed by atoms with van der Waals surface area (Å²) in [4.78, 5) is 16.4. The lowest BCUT2D eigenvalue weighted by atomic mass is 10.2. The number of rotatable bonds is 0. The third-order valence-electron chi connectivity index (χ3n) is 3.07. The fourth-order valence-electron chi connectivity index (χ4n) is 1.96. The van der Waals surface area contributed by atoms with Gasteiger partial charge in [0.2, 0.25) is 5.12 Å². The van der Waals surface area contributed by atoms with Crippen LogP contribution in [0.15, 0.2) is 31.9 Å². The molecule has 0 spiro atoms. The number of thiocarbonyl (C=S) groups is 1. The summed E-state index contributed by atoms with van der Waals surface area (Å²) in [5.74, 6) is 0. The molecule has 2 heterocycles. The first-order chi connectivity index (χ1) is 8.99. The van der Waals surface area contributed by atoms with Crippen LogP contribution in [0.5, 0.6) is 0 Å². The minimum atomic E-state index is 0.0608. The molecule has 6 heteroatoms. The maximum atomic E-state index is 12.1. The standard InChI is InChI=1S/C13H11NOS4/c1-6-4-5-7(2)10-9(6)17-12(18-10)8-11(15)19-13(16)14(8)3/h4-5H,1-3H3. The van der Waals surface area contributed by atoms with Crippen LogP contribution in [-0.4, -0.2) is 21.4 Å². The SMILES string of the molecule is Cc1ccc(C)c2c1SC(=C1C(=O)SC(=S)N1C)S2. The molecular formula is C13H11NOS4. The van der Waals surface area contributed by atoms with Gasteiger partial charge in [0.25, 0.3) is 0 Å². The van der Waals surface area contributed by atoms with Crippen LogP contribution in [0.3, 0.4) is 0 Å². The third kappa shape index (κ3) is 2.14. The minimum absolute atomic E-state index is 0.0608. The number of likely N-dealkylation sites (N-methyl/N-ethyl adjacent to an activating group) is 1. The van der Waals surface area contributed by atoms with Crippen LogP contribution >= 0.6 is 47.5 Å². The maximum absolute atomic E-state index is 12.1. The minimum Gasteiger partial charge on any atom is -0.325 e. The second kappa shape index (κ2) is 4.84. The number of fused-ring (bicyclic) bond motifs is 1. The Morgan fingerprint density at radius 1 is 1.05 bits per heavy atom. The first kappa shape index (κ1) is 13.5. The fraction of sp³-hybridized carbons (Fsp3) is 0.231. The van der Waals surface area contributed by atoms with Crippen molar-refractivity contribution in [2.45, 2.75) is 23.6 Å². The lowest BCUT2D eigenvalue weighted by molar-refractivity contribution is -0.108. The number of carbonyl (C=O) groups is 1. The Morgan fingerprint density at radius 2 is 1.58 bits per heavy atom. The van der Waals surface area contributed by atoms with E-state index >= 15 is 0 Å². The van der Waals surface area contributed by atoms with Gasteiger partial charge < -0.3 is 4.90 Å². The monoisotopic (exact) mass is 325 g/mol. The van der Waals surface area contributed by atoms with E-state index in [4.69, 9.17) is 12.2 Å². The van der Waals surface area contributed by atoms with Gasteiger partial charge in [-0.1, -0.05) is 47.9 Å². The van der Waals surface area contributed by atoms with Crippen LogP contribution in [0.2, 0.25) is 0 Å². The van der Waals surface area contributed by atoms with E-state index in [2.05, 4.69) is 26.0 Å². The van der Waals surface area contributed by atoms with Crippen molar-refractivity contribution in [3.05, 3.63) is 33.2 Å². The van der Waals surface area contributed by atoms with Crippen molar-refractivity contribution < 1.29 is 4.79 Å². The van der Waals surface area contributed by atoms with Crippen LogP contribution in [0, 0.1) is 13.8 Å². The second-order valence-electron chi connectivity index (χ2n) is 4.41. The van der Waals surface area contributed by atoms with Crippen molar-refractivity contribution in [3.63, 3.8) is 0 Å². The Hall–Kier alpha value is -0.430. The molecule has 19 heavy (non-hydrogen) atoms. The molecule has 0 N–H and O–H groups in total. The summed E-state index contributed by atoms with van der Waals surface area (Å²) in [6.45, 7) is 4.22. The molecule has 0 unspecified atom stereocenters. The zero-order valence-corrected chi connectivity index (χ0v) is 13.9. The molecule has 3 rings (SSSR count). The molecule has 98 valence electrons. The van der Waals surface area contributed by atoms with Crippen molar-refractivity contribution in [2.75, 3.05) is 7.05 Å². The number of thioether (sulfide) groups is 3.